The van der Waals surface area contributed by atoms with Crippen LogP contribution in [0.3, 0.4) is 0 Å². The van der Waals surface area contributed by atoms with Crippen molar-refractivity contribution in [2.24, 2.45) is 0 Å². The summed E-state index contributed by atoms with van der Waals surface area (Å²) >= 11 is 1.56. The molecule has 0 N–H and O–H groups in total. The lowest BCUT2D eigenvalue weighted by molar-refractivity contribution is -0.138. The summed E-state index contributed by atoms with van der Waals surface area (Å²) in [4.78, 5) is 18.8. The minimum atomic E-state index is -0.0106. The molecule has 2 rings (SSSR count). The molecule has 0 aliphatic rings. The Kier molecular flexibility index (Phi) is 7.80. The van der Waals surface area contributed by atoms with Crippen molar-refractivity contribution in [1.29, 1.82) is 0 Å². The number of benzene rings is 1. The lowest BCUT2D eigenvalue weighted by atomic mass is 10.1. The Hall–Kier alpha value is -1.92. The predicted molar refractivity (Wildman–Crippen MR) is 109 cm³/mol. The zero-order valence-electron chi connectivity index (χ0n) is 17.2. The molecule has 1 amide bonds. The summed E-state index contributed by atoms with van der Waals surface area (Å²) in [5.41, 5.74) is 4.46. The molecule has 0 saturated heterocycles. The topological polar surface area (TPSA) is 51.7 Å². The van der Waals surface area contributed by atoms with Crippen LogP contribution in [0.1, 0.15) is 47.7 Å². The quantitative estimate of drug-likeness (QED) is 0.636. The summed E-state index contributed by atoms with van der Waals surface area (Å²) in [5, 5.41) is 2.91. The van der Waals surface area contributed by atoms with Crippen LogP contribution < -0.4 is 4.74 Å². The second kappa shape index (κ2) is 9.85. The fraction of sp³-hybridized carbons (Fsp3) is 0.524. The van der Waals surface area contributed by atoms with E-state index in [9.17, 15) is 4.79 Å². The fourth-order valence-electron chi connectivity index (χ4n) is 2.87. The standard InChI is InChI=1S/C21H30N2O3S/c1-7-16(4)23(21(24)12-25-6)10-18-13-27-20(22-18)11-26-19-9-14(2)8-15(3)17(19)5/h8-9,13,16H,7,10-12H2,1-6H3. The van der Waals surface area contributed by atoms with E-state index in [1.54, 1.807) is 18.4 Å². The molecule has 2 aromatic rings. The fourth-order valence-corrected chi connectivity index (χ4v) is 3.57. The molecule has 0 radical (unpaired) electrons. The summed E-state index contributed by atoms with van der Waals surface area (Å²) in [5.74, 6) is 0.893. The zero-order valence-corrected chi connectivity index (χ0v) is 18.0. The van der Waals surface area contributed by atoms with Crippen LogP contribution in [-0.4, -0.2) is 35.5 Å². The number of nitrogens with zero attached hydrogens (tertiary/aromatic N) is 2. The molecule has 0 bridgehead atoms. The number of hydrogen-bond acceptors (Lipinski definition) is 5. The summed E-state index contributed by atoms with van der Waals surface area (Å²) in [6.07, 6.45) is 0.890. The van der Waals surface area contributed by atoms with Gasteiger partial charge in [0.2, 0.25) is 5.91 Å². The van der Waals surface area contributed by atoms with Gasteiger partial charge in [0, 0.05) is 18.5 Å². The molecule has 0 spiro atoms. The number of ether oxygens (including phenoxy) is 2. The number of carbonyl (C=O) groups is 1. The van der Waals surface area contributed by atoms with E-state index in [2.05, 4.69) is 44.8 Å². The molecule has 0 aliphatic carbocycles. The first-order valence-corrected chi connectivity index (χ1v) is 10.2. The molecule has 1 atom stereocenters. The molecule has 1 unspecified atom stereocenters. The Balaban J connectivity index is 2.04. The summed E-state index contributed by atoms with van der Waals surface area (Å²) in [7, 11) is 1.54. The van der Waals surface area contributed by atoms with E-state index < -0.39 is 0 Å². The molecule has 27 heavy (non-hydrogen) atoms. The number of carbonyl (C=O) groups excluding carboxylic acids is 1. The van der Waals surface area contributed by atoms with Gasteiger partial charge in [-0.15, -0.1) is 11.3 Å². The minimum absolute atomic E-state index is 0.0106. The highest BCUT2D eigenvalue weighted by atomic mass is 32.1. The molecule has 0 aliphatic heterocycles. The maximum Gasteiger partial charge on any atom is 0.249 e. The molecule has 1 heterocycles. The van der Waals surface area contributed by atoms with E-state index >= 15 is 0 Å². The predicted octanol–water partition coefficient (Wildman–Crippen LogP) is 4.42. The Bertz CT molecular complexity index is 773. The van der Waals surface area contributed by atoms with Gasteiger partial charge in [-0.05, 0) is 56.9 Å². The van der Waals surface area contributed by atoms with Gasteiger partial charge in [0.25, 0.3) is 0 Å². The van der Waals surface area contributed by atoms with Crippen molar-refractivity contribution in [3.05, 3.63) is 44.9 Å². The lowest BCUT2D eigenvalue weighted by Gasteiger charge is -2.27. The monoisotopic (exact) mass is 390 g/mol. The van der Waals surface area contributed by atoms with Gasteiger partial charge in [-0.2, -0.15) is 0 Å². The summed E-state index contributed by atoms with van der Waals surface area (Å²) in [6.45, 7) is 11.4. The van der Waals surface area contributed by atoms with Crippen molar-refractivity contribution in [1.82, 2.24) is 9.88 Å². The third-order valence-corrected chi connectivity index (χ3v) is 5.63. The van der Waals surface area contributed by atoms with Gasteiger partial charge in [0.05, 0.1) is 12.2 Å². The van der Waals surface area contributed by atoms with E-state index in [-0.39, 0.29) is 18.6 Å². The SMILES string of the molecule is CCC(C)N(Cc1csc(COc2cc(C)cc(C)c2C)n1)C(=O)COC. The molecule has 1 aromatic heterocycles. The van der Waals surface area contributed by atoms with Crippen LogP contribution in [0.4, 0.5) is 0 Å². The zero-order chi connectivity index (χ0) is 20.0. The van der Waals surface area contributed by atoms with Crippen LogP contribution in [-0.2, 0) is 22.7 Å². The normalized spacial score (nSPS) is 12.1. The Morgan fingerprint density at radius 2 is 2.04 bits per heavy atom. The number of aromatic nitrogens is 1. The highest BCUT2D eigenvalue weighted by Crippen LogP contribution is 2.25. The third kappa shape index (κ3) is 5.78. The van der Waals surface area contributed by atoms with Crippen molar-refractivity contribution < 1.29 is 14.3 Å². The first-order chi connectivity index (χ1) is 12.8. The van der Waals surface area contributed by atoms with Gasteiger partial charge in [-0.25, -0.2) is 4.98 Å². The van der Waals surface area contributed by atoms with Crippen LogP contribution in [0.2, 0.25) is 0 Å². The highest BCUT2D eigenvalue weighted by Gasteiger charge is 2.20. The van der Waals surface area contributed by atoms with Crippen molar-refractivity contribution in [3.8, 4) is 5.75 Å². The van der Waals surface area contributed by atoms with Crippen molar-refractivity contribution in [2.45, 2.75) is 60.2 Å². The van der Waals surface area contributed by atoms with Gasteiger partial charge < -0.3 is 14.4 Å². The van der Waals surface area contributed by atoms with Gasteiger partial charge in [0.15, 0.2) is 0 Å². The molecule has 5 nitrogen and oxygen atoms in total. The number of rotatable bonds is 9. The van der Waals surface area contributed by atoms with Crippen LogP contribution in [0.15, 0.2) is 17.5 Å². The van der Waals surface area contributed by atoms with Crippen LogP contribution in [0.25, 0.3) is 0 Å². The molecule has 148 valence electrons. The Labute approximate surface area is 166 Å². The average Bonchev–Trinajstić information content (AvgIpc) is 3.08. The van der Waals surface area contributed by atoms with Crippen LogP contribution >= 0.6 is 11.3 Å². The minimum Gasteiger partial charge on any atom is -0.486 e. The second-order valence-electron chi connectivity index (χ2n) is 6.94. The van der Waals surface area contributed by atoms with Crippen molar-refractivity contribution >= 4 is 17.2 Å². The van der Waals surface area contributed by atoms with Gasteiger partial charge in [0.1, 0.15) is 24.0 Å². The van der Waals surface area contributed by atoms with Gasteiger partial charge in [-0.3, -0.25) is 4.79 Å². The average molecular weight is 391 g/mol. The number of methoxy groups -OCH3 is 1. The number of hydrogen-bond donors (Lipinski definition) is 0. The molecular weight excluding hydrogens is 360 g/mol. The largest absolute Gasteiger partial charge is 0.486 e. The van der Waals surface area contributed by atoms with E-state index in [4.69, 9.17) is 9.47 Å². The first kappa shape index (κ1) is 21.4. The molecule has 0 fully saturated rings. The van der Waals surface area contributed by atoms with Gasteiger partial charge >= 0.3 is 0 Å². The maximum atomic E-state index is 12.3. The maximum absolute atomic E-state index is 12.3. The second-order valence-corrected chi connectivity index (χ2v) is 7.88. The number of aryl methyl sites for hydroxylation is 2. The van der Waals surface area contributed by atoms with E-state index in [0.29, 0.717) is 13.2 Å². The Morgan fingerprint density at radius 3 is 2.70 bits per heavy atom. The lowest BCUT2D eigenvalue weighted by Crippen LogP contribution is -2.39. The smallest absolute Gasteiger partial charge is 0.249 e. The Morgan fingerprint density at radius 1 is 1.30 bits per heavy atom. The summed E-state index contributed by atoms with van der Waals surface area (Å²) < 4.78 is 11.0. The van der Waals surface area contributed by atoms with E-state index in [1.165, 1.54) is 11.1 Å². The van der Waals surface area contributed by atoms with Crippen LogP contribution in [0, 0.1) is 20.8 Å². The third-order valence-electron chi connectivity index (χ3n) is 4.76. The first-order valence-electron chi connectivity index (χ1n) is 9.28. The molecule has 1 aromatic carbocycles. The van der Waals surface area contributed by atoms with E-state index in [1.807, 2.05) is 17.2 Å². The van der Waals surface area contributed by atoms with Crippen molar-refractivity contribution in [3.63, 3.8) is 0 Å². The summed E-state index contributed by atoms with van der Waals surface area (Å²) in [6, 6.07) is 4.36. The molecule has 0 saturated carbocycles. The molecule has 6 heteroatoms. The number of amides is 1. The van der Waals surface area contributed by atoms with Gasteiger partial charge in [-0.1, -0.05) is 13.0 Å². The van der Waals surface area contributed by atoms with E-state index in [0.717, 1.165) is 28.4 Å². The van der Waals surface area contributed by atoms with Crippen molar-refractivity contribution in [2.75, 3.05) is 13.7 Å². The molecular formula is C21H30N2O3S. The highest BCUT2D eigenvalue weighted by molar-refractivity contribution is 7.09. The number of thiazole rings is 1. The van der Waals surface area contributed by atoms with Crippen LogP contribution in [0.5, 0.6) is 5.75 Å².